The van der Waals surface area contributed by atoms with Crippen molar-refractivity contribution in [1.82, 2.24) is 15.5 Å². The first-order valence-corrected chi connectivity index (χ1v) is 8.51. The molecule has 2 N–H and O–H groups in total. The normalized spacial score (nSPS) is 16.0. The fourth-order valence-electron chi connectivity index (χ4n) is 2.88. The number of aryl methyl sites for hydroxylation is 1. The highest BCUT2D eigenvalue weighted by Gasteiger charge is 2.10. The number of aliphatic imine (C=N–C) groups is 1. The van der Waals surface area contributed by atoms with Crippen LogP contribution in [0.1, 0.15) is 36.8 Å². The summed E-state index contributed by atoms with van der Waals surface area (Å²) < 4.78 is 0. The Labute approximate surface area is 135 Å². The zero-order valence-electron chi connectivity index (χ0n) is 14.1. The van der Waals surface area contributed by atoms with Crippen LogP contribution in [0.3, 0.4) is 0 Å². The lowest BCUT2D eigenvalue weighted by atomic mass is 10.1. The monoisotopic (exact) mass is 302 g/mol. The summed E-state index contributed by atoms with van der Waals surface area (Å²) >= 11 is 0. The summed E-state index contributed by atoms with van der Waals surface area (Å²) in [7, 11) is 1.83. The first kappa shape index (κ1) is 16.8. The molecule has 0 amide bonds. The summed E-state index contributed by atoms with van der Waals surface area (Å²) in [6, 6.07) is 8.46. The predicted molar refractivity (Wildman–Crippen MR) is 94.3 cm³/mol. The van der Waals surface area contributed by atoms with Gasteiger partial charge in [0.05, 0.1) is 0 Å². The molecule has 2 rings (SSSR count). The molecule has 0 radical (unpaired) electrons. The van der Waals surface area contributed by atoms with Crippen LogP contribution in [0.2, 0.25) is 0 Å². The molecule has 0 saturated carbocycles. The molecule has 1 aromatic rings. The number of rotatable bonds is 7. The molecule has 0 bridgehead atoms. The van der Waals surface area contributed by atoms with E-state index in [0.29, 0.717) is 0 Å². The lowest BCUT2D eigenvalue weighted by Gasteiger charge is -2.15. The van der Waals surface area contributed by atoms with Crippen LogP contribution in [0.15, 0.2) is 29.3 Å². The molecule has 122 valence electrons. The molecule has 0 aliphatic carbocycles. The van der Waals surface area contributed by atoms with Gasteiger partial charge in [-0.25, -0.2) is 0 Å². The van der Waals surface area contributed by atoms with E-state index >= 15 is 0 Å². The second-order valence-electron chi connectivity index (χ2n) is 6.03. The van der Waals surface area contributed by atoms with Gasteiger partial charge in [-0.2, -0.15) is 0 Å². The smallest absolute Gasteiger partial charge is 0.191 e. The maximum Gasteiger partial charge on any atom is 0.191 e. The first-order chi connectivity index (χ1) is 10.8. The van der Waals surface area contributed by atoms with Crippen molar-refractivity contribution in [3.8, 4) is 0 Å². The van der Waals surface area contributed by atoms with Crippen molar-refractivity contribution in [2.24, 2.45) is 4.99 Å². The van der Waals surface area contributed by atoms with Crippen LogP contribution in [0.4, 0.5) is 0 Å². The molecule has 22 heavy (non-hydrogen) atoms. The Morgan fingerprint density at radius 2 is 1.91 bits per heavy atom. The average Bonchev–Trinajstić information content (AvgIpc) is 3.05. The van der Waals surface area contributed by atoms with E-state index in [1.165, 1.54) is 56.4 Å². The van der Waals surface area contributed by atoms with Gasteiger partial charge in [0.1, 0.15) is 0 Å². The average molecular weight is 302 g/mol. The fourth-order valence-corrected chi connectivity index (χ4v) is 2.88. The standard InChI is InChI=1S/C18H30N4/c1-16-9-3-4-10-17(16)15-21-18(19-2)20-11-5-6-12-22-13-7-8-14-22/h3-4,9-10H,5-8,11-15H2,1-2H3,(H2,19,20,21). The SMILES string of the molecule is CN=C(NCCCCN1CCCC1)NCc1ccccc1C. The van der Waals surface area contributed by atoms with Crippen LogP contribution in [0, 0.1) is 6.92 Å². The number of unbranched alkanes of at least 4 members (excludes halogenated alkanes) is 1. The second kappa shape index (κ2) is 9.46. The third-order valence-electron chi connectivity index (χ3n) is 4.32. The Balaban J connectivity index is 1.60. The van der Waals surface area contributed by atoms with Crippen molar-refractivity contribution in [3.05, 3.63) is 35.4 Å². The van der Waals surface area contributed by atoms with Gasteiger partial charge in [0.15, 0.2) is 5.96 Å². The van der Waals surface area contributed by atoms with Crippen molar-refractivity contribution in [2.45, 2.75) is 39.2 Å². The number of nitrogens with one attached hydrogen (secondary N) is 2. The summed E-state index contributed by atoms with van der Waals surface area (Å²) in [5.74, 6) is 0.893. The second-order valence-corrected chi connectivity index (χ2v) is 6.03. The van der Waals surface area contributed by atoms with Gasteiger partial charge in [-0.05, 0) is 63.4 Å². The lowest BCUT2D eigenvalue weighted by molar-refractivity contribution is 0.330. The third kappa shape index (κ3) is 5.68. The van der Waals surface area contributed by atoms with E-state index in [-0.39, 0.29) is 0 Å². The molecule has 1 aliphatic rings. The van der Waals surface area contributed by atoms with Crippen molar-refractivity contribution >= 4 is 5.96 Å². The van der Waals surface area contributed by atoms with Crippen molar-refractivity contribution in [2.75, 3.05) is 33.2 Å². The molecule has 1 saturated heterocycles. The molecule has 1 aromatic carbocycles. The molecule has 4 nitrogen and oxygen atoms in total. The molecule has 0 unspecified atom stereocenters. The van der Waals surface area contributed by atoms with E-state index in [4.69, 9.17) is 0 Å². The van der Waals surface area contributed by atoms with E-state index < -0.39 is 0 Å². The summed E-state index contributed by atoms with van der Waals surface area (Å²) in [4.78, 5) is 6.87. The fraction of sp³-hybridized carbons (Fsp3) is 0.611. The van der Waals surface area contributed by atoms with Crippen LogP contribution in [-0.2, 0) is 6.54 Å². The van der Waals surface area contributed by atoms with Crippen LogP contribution >= 0.6 is 0 Å². The Kier molecular flexibility index (Phi) is 7.23. The molecular weight excluding hydrogens is 272 g/mol. The van der Waals surface area contributed by atoms with E-state index in [0.717, 1.165) is 19.0 Å². The zero-order chi connectivity index (χ0) is 15.6. The summed E-state index contributed by atoms with van der Waals surface area (Å²) in [5, 5.41) is 6.79. The zero-order valence-corrected chi connectivity index (χ0v) is 14.1. The van der Waals surface area contributed by atoms with Crippen molar-refractivity contribution in [3.63, 3.8) is 0 Å². The maximum atomic E-state index is 4.29. The summed E-state index contributed by atoms with van der Waals surface area (Å²) in [5.41, 5.74) is 2.63. The minimum Gasteiger partial charge on any atom is -0.356 e. The number of hydrogen-bond donors (Lipinski definition) is 2. The number of likely N-dealkylation sites (tertiary alicyclic amines) is 1. The van der Waals surface area contributed by atoms with E-state index in [2.05, 4.69) is 51.7 Å². The van der Waals surface area contributed by atoms with Gasteiger partial charge in [-0.1, -0.05) is 24.3 Å². The van der Waals surface area contributed by atoms with Gasteiger partial charge < -0.3 is 15.5 Å². The van der Waals surface area contributed by atoms with E-state index in [9.17, 15) is 0 Å². The van der Waals surface area contributed by atoms with Crippen LogP contribution in [0.5, 0.6) is 0 Å². The minimum atomic E-state index is 0.820. The maximum absolute atomic E-state index is 4.29. The van der Waals surface area contributed by atoms with Gasteiger partial charge in [-0.15, -0.1) is 0 Å². The molecule has 1 aliphatic heterocycles. The molecule has 0 spiro atoms. The highest BCUT2D eigenvalue weighted by atomic mass is 15.2. The molecule has 4 heteroatoms. The quantitative estimate of drug-likeness (QED) is 0.462. The number of benzene rings is 1. The van der Waals surface area contributed by atoms with Crippen LogP contribution in [0.25, 0.3) is 0 Å². The first-order valence-electron chi connectivity index (χ1n) is 8.51. The van der Waals surface area contributed by atoms with E-state index in [1.54, 1.807) is 0 Å². The summed E-state index contributed by atoms with van der Waals surface area (Å²) in [6.07, 6.45) is 5.23. The number of nitrogens with zero attached hydrogens (tertiary/aromatic N) is 2. The molecule has 0 aromatic heterocycles. The van der Waals surface area contributed by atoms with Crippen LogP contribution in [-0.4, -0.2) is 44.1 Å². The van der Waals surface area contributed by atoms with Crippen molar-refractivity contribution < 1.29 is 0 Å². The minimum absolute atomic E-state index is 0.820. The van der Waals surface area contributed by atoms with Gasteiger partial charge >= 0.3 is 0 Å². The Hall–Kier alpha value is -1.55. The molecule has 1 heterocycles. The van der Waals surface area contributed by atoms with Gasteiger partial charge in [0, 0.05) is 20.1 Å². The molecule has 1 fully saturated rings. The number of hydrogen-bond acceptors (Lipinski definition) is 2. The predicted octanol–water partition coefficient (Wildman–Crippen LogP) is 2.54. The van der Waals surface area contributed by atoms with Gasteiger partial charge in [-0.3, -0.25) is 4.99 Å². The van der Waals surface area contributed by atoms with Gasteiger partial charge in [0.25, 0.3) is 0 Å². The largest absolute Gasteiger partial charge is 0.356 e. The number of guanidine groups is 1. The molecular formula is C18H30N4. The highest BCUT2D eigenvalue weighted by molar-refractivity contribution is 5.79. The third-order valence-corrected chi connectivity index (χ3v) is 4.32. The van der Waals surface area contributed by atoms with Crippen molar-refractivity contribution in [1.29, 1.82) is 0 Å². The molecule has 0 atom stereocenters. The Bertz CT molecular complexity index is 464. The van der Waals surface area contributed by atoms with Crippen LogP contribution < -0.4 is 10.6 Å². The lowest BCUT2D eigenvalue weighted by Crippen LogP contribution is -2.37. The summed E-state index contributed by atoms with van der Waals surface area (Å²) in [6.45, 7) is 7.80. The highest BCUT2D eigenvalue weighted by Crippen LogP contribution is 2.08. The van der Waals surface area contributed by atoms with Gasteiger partial charge in [0.2, 0.25) is 0 Å². The van der Waals surface area contributed by atoms with E-state index in [1.807, 2.05) is 7.05 Å². The topological polar surface area (TPSA) is 39.7 Å². The Morgan fingerprint density at radius 1 is 1.14 bits per heavy atom. The Morgan fingerprint density at radius 3 is 2.64 bits per heavy atom.